The highest BCUT2D eigenvalue weighted by molar-refractivity contribution is 7.93. The van der Waals surface area contributed by atoms with Gasteiger partial charge in [0.25, 0.3) is 0 Å². The van der Waals surface area contributed by atoms with Gasteiger partial charge in [-0.25, -0.2) is 8.99 Å². The summed E-state index contributed by atoms with van der Waals surface area (Å²) in [5, 5.41) is 0.0391. The monoisotopic (exact) mass is 196 g/mol. The summed E-state index contributed by atoms with van der Waals surface area (Å²) in [5.74, 6) is 0. The lowest BCUT2D eigenvalue weighted by molar-refractivity contribution is 0.674. The summed E-state index contributed by atoms with van der Waals surface area (Å²) < 4.78 is 19.7. The van der Waals surface area contributed by atoms with Gasteiger partial charge in [0.05, 0.1) is 14.6 Å². The van der Waals surface area contributed by atoms with Crippen LogP contribution in [-0.4, -0.2) is 9.46 Å². The van der Waals surface area contributed by atoms with Crippen molar-refractivity contribution in [2.24, 2.45) is 0 Å². The maximum atomic E-state index is 12.0. The van der Waals surface area contributed by atoms with Gasteiger partial charge in [0.1, 0.15) is 0 Å². The molecule has 1 aliphatic carbocycles. The van der Waals surface area contributed by atoms with E-state index in [0.717, 1.165) is 12.8 Å². The lowest BCUT2D eigenvalue weighted by atomic mass is 10.3. The molecule has 0 aliphatic heterocycles. The van der Waals surface area contributed by atoms with Crippen LogP contribution in [0.2, 0.25) is 0 Å². The maximum Gasteiger partial charge on any atom is 0.0775 e. The summed E-state index contributed by atoms with van der Waals surface area (Å²) in [6.45, 7) is 0. The van der Waals surface area contributed by atoms with Crippen molar-refractivity contribution in [3.8, 4) is 0 Å². The second-order valence-corrected chi connectivity index (χ2v) is 5.65. The zero-order valence-electron chi connectivity index (χ0n) is 7.19. The second-order valence-electron chi connectivity index (χ2n) is 3.34. The largest absolute Gasteiger partial charge is 0.398 e. The average Bonchev–Trinajstić information content (AvgIpc) is 2.86. The van der Waals surface area contributed by atoms with Gasteiger partial charge in [-0.2, -0.15) is 0 Å². The number of nitrogens with one attached hydrogen (secondary N) is 1. The number of hydrogen-bond acceptors (Lipinski definition) is 3. The SMILES string of the molecule is N=S(=O)(c1ccccc1N)C1CC1. The zero-order valence-corrected chi connectivity index (χ0v) is 8.01. The van der Waals surface area contributed by atoms with Gasteiger partial charge in [-0.3, -0.25) is 0 Å². The number of benzene rings is 1. The highest BCUT2D eigenvalue weighted by Gasteiger charge is 2.34. The van der Waals surface area contributed by atoms with Crippen LogP contribution in [0.3, 0.4) is 0 Å². The van der Waals surface area contributed by atoms with Crippen LogP contribution in [0.1, 0.15) is 12.8 Å². The Bertz CT molecular complexity index is 421. The van der Waals surface area contributed by atoms with Gasteiger partial charge in [0.2, 0.25) is 0 Å². The van der Waals surface area contributed by atoms with Crippen LogP contribution in [0.15, 0.2) is 29.2 Å². The number of para-hydroxylation sites is 1. The van der Waals surface area contributed by atoms with Crippen LogP contribution in [0.5, 0.6) is 0 Å². The molecule has 70 valence electrons. The van der Waals surface area contributed by atoms with Crippen molar-refractivity contribution in [3.63, 3.8) is 0 Å². The van der Waals surface area contributed by atoms with Crippen LogP contribution in [0.4, 0.5) is 5.69 Å². The van der Waals surface area contributed by atoms with E-state index in [4.69, 9.17) is 10.5 Å². The van der Waals surface area contributed by atoms with E-state index in [1.54, 1.807) is 24.3 Å². The summed E-state index contributed by atoms with van der Waals surface area (Å²) in [5.41, 5.74) is 6.15. The first kappa shape index (κ1) is 8.56. The van der Waals surface area contributed by atoms with Gasteiger partial charge in [-0.15, -0.1) is 0 Å². The third kappa shape index (κ3) is 1.42. The molecule has 1 aromatic rings. The van der Waals surface area contributed by atoms with Crippen molar-refractivity contribution in [2.75, 3.05) is 5.73 Å². The van der Waals surface area contributed by atoms with Gasteiger partial charge >= 0.3 is 0 Å². The van der Waals surface area contributed by atoms with Crippen molar-refractivity contribution in [3.05, 3.63) is 24.3 Å². The van der Waals surface area contributed by atoms with Gasteiger partial charge in [0.15, 0.2) is 0 Å². The molecule has 3 N–H and O–H groups in total. The van der Waals surface area contributed by atoms with E-state index in [1.165, 1.54) is 0 Å². The number of rotatable bonds is 2. The standard InChI is InChI=1S/C9H12N2OS/c10-8-3-1-2-4-9(8)13(11,12)7-5-6-7/h1-4,7,11H,5-6,10H2. The molecule has 0 spiro atoms. The van der Waals surface area contributed by atoms with E-state index in [2.05, 4.69) is 0 Å². The summed E-state index contributed by atoms with van der Waals surface area (Å²) >= 11 is 0. The first-order valence-electron chi connectivity index (χ1n) is 4.24. The number of nitrogens with two attached hydrogens (primary N) is 1. The molecule has 0 radical (unpaired) electrons. The molecule has 1 aliphatic rings. The zero-order chi connectivity index (χ0) is 9.47. The minimum absolute atomic E-state index is 0.0391. The summed E-state index contributed by atoms with van der Waals surface area (Å²) in [6, 6.07) is 6.97. The first-order chi connectivity index (χ1) is 6.12. The number of hydrogen-bond donors (Lipinski definition) is 2. The van der Waals surface area contributed by atoms with Gasteiger partial charge in [-0.1, -0.05) is 12.1 Å². The highest BCUT2D eigenvalue weighted by Crippen LogP contribution is 2.35. The minimum atomic E-state index is -2.62. The molecule has 1 saturated carbocycles. The van der Waals surface area contributed by atoms with Gasteiger partial charge in [0, 0.05) is 10.9 Å². The topological polar surface area (TPSA) is 66.9 Å². The van der Waals surface area contributed by atoms with Gasteiger partial charge in [-0.05, 0) is 25.0 Å². The predicted molar refractivity (Wildman–Crippen MR) is 53.0 cm³/mol. The Morgan fingerprint density at radius 3 is 2.54 bits per heavy atom. The number of anilines is 1. The minimum Gasteiger partial charge on any atom is -0.398 e. The Balaban J connectivity index is 2.51. The predicted octanol–water partition coefficient (Wildman–Crippen LogP) is 1.84. The smallest absolute Gasteiger partial charge is 0.0775 e. The molecule has 1 atom stereocenters. The second kappa shape index (κ2) is 2.73. The lowest BCUT2D eigenvalue weighted by Gasteiger charge is -2.08. The third-order valence-corrected chi connectivity index (χ3v) is 4.67. The quantitative estimate of drug-likeness (QED) is 0.709. The molecule has 3 nitrogen and oxygen atoms in total. The summed E-state index contributed by atoms with van der Waals surface area (Å²) in [6.07, 6.45) is 1.80. The molecule has 2 rings (SSSR count). The Morgan fingerprint density at radius 2 is 2.00 bits per heavy atom. The maximum absolute atomic E-state index is 12.0. The van der Waals surface area contributed by atoms with Crippen molar-refractivity contribution < 1.29 is 4.21 Å². The normalized spacial score (nSPS) is 20.9. The molecule has 13 heavy (non-hydrogen) atoms. The molecule has 1 unspecified atom stereocenters. The van der Waals surface area contributed by atoms with E-state index < -0.39 is 9.73 Å². The fourth-order valence-corrected chi connectivity index (χ4v) is 3.19. The molecular weight excluding hydrogens is 184 g/mol. The summed E-state index contributed by atoms with van der Waals surface area (Å²) in [4.78, 5) is 0.512. The van der Waals surface area contributed by atoms with E-state index in [1.807, 2.05) is 0 Å². The molecule has 1 aromatic carbocycles. The Labute approximate surface area is 77.9 Å². The Morgan fingerprint density at radius 1 is 1.38 bits per heavy atom. The van der Waals surface area contributed by atoms with E-state index in [9.17, 15) is 4.21 Å². The van der Waals surface area contributed by atoms with E-state index in [-0.39, 0.29) is 5.25 Å². The van der Waals surface area contributed by atoms with E-state index in [0.29, 0.717) is 10.6 Å². The van der Waals surface area contributed by atoms with Crippen molar-refractivity contribution in [2.45, 2.75) is 23.0 Å². The highest BCUT2D eigenvalue weighted by atomic mass is 32.2. The Hall–Kier alpha value is -1.03. The van der Waals surface area contributed by atoms with Crippen molar-refractivity contribution >= 4 is 15.4 Å². The van der Waals surface area contributed by atoms with Crippen LogP contribution in [0.25, 0.3) is 0 Å². The van der Waals surface area contributed by atoms with Crippen molar-refractivity contribution in [1.82, 2.24) is 0 Å². The van der Waals surface area contributed by atoms with Crippen LogP contribution in [-0.2, 0) is 9.73 Å². The number of nitrogen functional groups attached to an aromatic ring is 1. The lowest BCUT2D eigenvalue weighted by Crippen LogP contribution is -2.07. The Kier molecular flexibility index (Phi) is 1.80. The first-order valence-corrected chi connectivity index (χ1v) is 5.86. The fourth-order valence-electron chi connectivity index (χ4n) is 1.34. The molecule has 0 aromatic heterocycles. The third-order valence-electron chi connectivity index (χ3n) is 2.24. The molecule has 0 amide bonds. The van der Waals surface area contributed by atoms with Crippen molar-refractivity contribution in [1.29, 1.82) is 4.78 Å². The fraction of sp³-hybridized carbons (Fsp3) is 0.333. The van der Waals surface area contributed by atoms with E-state index >= 15 is 0 Å². The van der Waals surface area contributed by atoms with Crippen LogP contribution >= 0.6 is 0 Å². The van der Waals surface area contributed by atoms with Gasteiger partial charge < -0.3 is 5.73 Å². The van der Waals surface area contributed by atoms with Crippen LogP contribution in [0, 0.1) is 4.78 Å². The molecule has 0 bridgehead atoms. The molecule has 1 fully saturated rings. The van der Waals surface area contributed by atoms with Crippen LogP contribution < -0.4 is 5.73 Å². The summed E-state index contributed by atoms with van der Waals surface area (Å²) in [7, 11) is -2.62. The molecular formula is C9H12N2OS. The average molecular weight is 196 g/mol. The molecule has 0 saturated heterocycles. The molecule has 4 heteroatoms. The molecule has 0 heterocycles.